The SMILES string of the molecule is CNc1cc2c(n1-c1ccc(C(N)=O)c(Nc3ccccc3)c1)CC(NC)(NC)CC2=O. The Kier molecular flexibility index (Phi) is 5.73. The number of Topliss-reactive ketones (excluding diaryl/α,β-unsaturated/α-hetero) is 1. The Morgan fingerprint density at radius 3 is 2.34 bits per heavy atom. The van der Waals surface area contributed by atoms with E-state index in [0.29, 0.717) is 29.7 Å². The highest BCUT2D eigenvalue weighted by Gasteiger charge is 2.39. The molecule has 0 bridgehead atoms. The standard InChI is InChI=1S/C24H28N6O2/c1-26-22-12-18-20(13-24(27-2,28-3)14-21(18)31)30(22)16-9-10-17(23(25)32)19(11-16)29-15-7-5-4-6-8-15/h4-12,26-29H,13-14H2,1-3H3,(H2,25,32). The Balaban J connectivity index is 1.86. The summed E-state index contributed by atoms with van der Waals surface area (Å²) in [6.45, 7) is 0. The number of rotatable bonds is 7. The van der Waals surface area contributed by atoms with E-state index < -0.39 is 11.6 Å². The van der Waals surface area contributed by atoms with Crippen LogP contribution >= 0.6 is 0 Å². The van der Waals surface area contributed by atoms with Crippen molar-refractivity contribution >= 4 is 28.9 Å². The van der Waals surface area contributed by atoms with Crippen LogP contribution in [0.25, 0.3) is 5.69 Å². The number of anilines is 3. The van der Waals surface area contributed by atoms with Gasteiger partial charge in [0.2, 0.25) is 0 Å². The fourth-order valence-electron chi connectivity index (χ4n) is 4.31. The number of hydrogen-bond acceptors (Lipinski definition) is 6. The first-order valence-electron chi connectivity index (χ1n) is 10.5. The highest BCUT2D eigenvalue weighted by molar-refractivity contribution is 6.01. The first-order chi connectivity index (χ1) is 15.4. The highest BCUT2D eigenvalue weighted by Crippen LogP contribution is 2.35. The van der Waals surface area contributed by atoms with Crippen LogP contribution in [0.1, 0.15) is 32.8 Å². The number of para-hydroxylation sites is 1. The van der Waals surface area contributed by atoms with E-state index in [1.54, 1.807) is 6.07 Å². The van der Waals surface area contributed by atoms with Gasteiger partial charge in [-0.25, -0.2) is 0 Å². The monoisotopic (exact) mass is 432 g/mol. The molecule has 3 aromatic rings. The third-order valence-corrected chi connectivity index (χ3v) is 6.13. The van der Waals surface area contributed by atoms with Gasteiger partial charge in [-0.3, -0.25) is 14.2 Å². The Morgan fingerprint density at radius 1 is 1.00 bits per heavy atom. The smallest absolute Gasteiger partial charge is 0.250 e. The quantitative estimate of drug-likeness (QED) is 0.367. The Hall–Kier alpha value is -3.62. The van der Waals surface area contributed by atoms with Gasteiger partial charge in [0.15, 0.2) is 5.78 Å². The number of nitrogens with two attached hydrogens (primary N) is 1. The minimum atomic E-state index is -0.524. The third-order valence-electron chi connectivity index (χ3n) is 6.13. The predicted molar refractivity (Wildman–Crippen MR) is 127 cm³/mol. The molecule has 2 aromatic carbocycles. The van der Waals surface area contributed by atoms with E-state index in [2.05, 4.69) is 21.3 Å². The average molecular weight is 433 g/mol. The number of nitrogens with zero attached hydrogens (tertiary/aromatic N) is 1. The summed E-state index contributed by atoms with van der Waals surface area (Å²) in [5.74, 6) is 0.350. The fraction of sp³-hybridized carbons (Fsp3) is 0.250. The van der Waals surface area contributed by atoms with Crippen molar-refractivity contribution in [2.45, 2.75) is 18.5 Å². The van der Waals surface area contributed by atoms with E-state index in [-0.39, 0.29) is 5.78 Å². The Bertz CT molecular complexity index is 1160. The summed E-state index contributed by atoms with van der Waals surface area (Å²) in [5, 5.41) is 13.0. The molecule has 0 unspecified atom stereocenters. The molecule has 0 radical (unpaired) electrons. The fourth-order valence-corrected chi connectivity index (χ4v) is 4.31. The maximum Gasteiger partial charge on any atom is 0.250 e. The van der Waals surface area contributed by atoms with Crippen LogP contribution in [0.15, 0.2) is 54.6 Å². The molecule has 8 nitrogen and oxygen atoms in total. The molecule has 0 saturated heterocycles. The van der Waals surface area contributed by atoms with Crippen molar-refractivity contribution in [2.24, 2.45) is 5.73 Å². The van der Waals surface area contributed by atoms with Gasteiger partial charge < -0.3 is 27.0 Å². The number of amides is 1. The van der Waals surface area contributed by atoms with Gasteiger partial charge in [0.1, 0.15) is 5.82 Å². The second-order valence-electron chi connectivity index (χ2n) is 7.92. The van der Waals surface area contributed by atoms with Crippen LogP contribution in [-0.2, 0) is 6.42 Å². The average Bonchev–Trinajstić information content (AvgIpc) is 3.18. The minimum Gasteiger partial charge on any atom is -0.374 e. The number of carbonyl (C=O) groups excluding carboxylic acids is 2. The first kappa shape index (κ1) is 21.6. The second-order valence-corrected chi connectivity index (χ2v) is 7.92. The van der Waals surface area contributed by atoms with E-state index in [9.17, 15) is 9.59 Å². The van der Waals surface area contributed by atoms with Gasteiger partial charge in [-0.05, 0) is 50.5 Å². The molecular formula is C24H28N6O2. The molecule has 1 heterocycles. The van der Waals surface area contributed by atoms with E-state index in [0.717, 1.165) is 22.9 Å². The Labute approximate surface area is 187 Å². The van der Waals surface area contributed by atoms with Crippen LogP contribution in [0.2, 0.25) is 0 Å². The highest BCUT2D eigenvalue weighted by atomic mass is 16.1. The summed E-state index contributed by atoms with van der Waals surface area (Å²) < 4.78 is 2.02. The number of ketones is 1. The molecule has 1 amide bonds. The van der Waals surface area contributed by atoms with Crippen LogP contribution < -0.4 is 27.0 Å². The van der Waals surface area contributed by atoms with Gasteiger partial charge in [0.05, 0.1) is 16.9 Å². The van der Waals surface area contributed by atoms with Crippen molar-refractivity contribution in [1.82, 2.24) is 15.2 Å². The number of aromatic nitrogens is 1. The number of primary amides is 1. The zero-order chi connectivity index (χ0) is 22.9. The topological polar surface area (TPSA) is 113 Å². The molecular weight excluding hydrogens is 404 g/mol. The molecule has 0 atom stereocenters. The van der Waals surface area contributed by atoms with Gasteiger partial charge in [-0.2, -0.15) is 0 Å². The summed E-state index contributed by atoms with van der Waals surface area (Å²) in [7, 11) is 5.53. The number of benzene rings is 2. The lowest BCUT2D eigenvalue weighted by Gasteiger charge is -2.36. The summed E-state index contributed by atoms with van der Waals surface area (Å²) in [6, 6.07) is 16.9. The lowest BCUT2D eigenvalue weighted by Crippen LogP contribution is -2.58. The molecule has 32 heavy (non-hydrogen) atoms. The molecule has 0 aliphatic heterocycles. The van der Waals surface area contributed by atoms with Crippen LogP contribution in [0, 0.1) is 0 Å². The molecule has 0 saturated carbocycles. The van der Waals surface area contributed by atoms with E-state index in [4.69, 9.17) is 5.73 Å². The number of nitrogens with one attached hydrogen (secondary N) is 4. The predicted octanol–water partition coefficient (Wildman–Crippen LogP) is 2.63. The summed E-state index contributed by atoms with van der Waals surface area (Å²) in [6.07, 6.45) is 0.976. The number of hydrogen-bond donors (Lipinski definition) is 5. The maximum absolute atomic E-state index is 13.0. The molecule has 8 heteroatoms. The molecule has 1 aromatic heterocycles. The number of likely N-dealkylation sites (N-methyl/N-ethyl adjacent to an activating group) is 2. The lowest BCUT2D eigenvalue weighted by molar-refractivity contribution is 0.0902. The summed E-state index contributed by atoms with van der Waals surface area (Å²) in [5.41, 5.74) is 9.35. The van der Waals surface area contributed by atoms with Gasteiger partial charge in [0.25, 0.3) is 5.91 Å². The van der Waals surface area contributed by atoms with Crippen LogP contribution in [0.5, 0.6) is 0 Å². The molecule has 166 valence electrons. The van der Waals surface area contributed by atoms with E-state index >= 15 is 0 Å². The molecule has 4 rings (SSSR count). The molecule has 1 aliphatic carbocycles. The summed E-state index contributed by atoms with van der Waals surface area (Å²) >= 11 is 0. The largest absolute Gasteiger partial charge is 0.374 e. The van der Waals surface area contributed by atoms with E-state index in [1.165, 1.54) is 0 Å². The number of carbonyl (C=O) groups is 2. The van der Waals surface area contributed by atoms with Crippen LogP contribution in [0.3, 0.4) is 0 Å². The van der Waals surface area contributed by atoms with E-state index in [1.807, 2.05) is 74.2 Å². The van der Waals surface area contributed by atoms with Crippen molar-refractivity contribution in [3.8, 4) is 5.69 Å². The van der Waals surface area contributed by atoms with Gasteiger partial charge >= 0.3 is 0 Å². The Morgan fingerprint density at radius 2 is 1.72 bits per heavy atom. The molecule has 0 fully saturated rings. The maximum atomic E-state index is 13.0. The minimum absolute atomic E-state index is 0.0709. The van der Waals surface area contributed by atoms with Gasteiger partial charge in [-0.15, -0.1) is 0 Å². The second kappa shape index (κ2) is 8.49. The zero-order valence-corrected chi connectivity index (χ0v) is 18.5. The zero-order valence-electron chi connectivity index (χ0n) is 18.5. The van der Waals surface area contributed by atoms with Crippen molar-refractivity contribution in [2.75, 3.05) is 31.8 Å². The van der Waals surface area contributed by atoms with Crippen LogP contribution in [0.4, 0.5) is 17.2 Å². The van der Waals surface area contributed by atoms with Crippen molar-refractivity contribution in [3.05, 3.63) is 71.4 Å². The van der Waals surface area contributed by atoms with Crippen molar-refractivity contribution in [1.29, 1.82) is 0 Å². The summed E-state index contributed by atoms with van der Waals surface area (Å²) in [4.78, 5) is 25.1. The van der Waals surface area contributed by atoms with Crippen molar-refractivity contribution < 1.29 is 9.59 Å². The molecule has 6 N–H and O–H groups in total. The number of fused-ring (bicyclic) bond motifs is 1. The molecule has 0 spiro atoms. The van der Waals surface area contributed by atoms with Gasteiger partial charge in [-0.1, -0.05) is 18.2 Å². The van der Waals surface area contributed by atoms with Crippen molar-refractivity contribution in [3.63, 3.8) is 0 Å². The molecule has 1 aliphatic rings. The van der Waals surface area contributed by atoms with Gasteiger partial charge in [0, 0.05) is 42.5 Å². The van der Waals surface area contributed by atoms with Crippen LogP contribution in [-0.4, -0.2) is 43.1 Å². The first-order valence-corrected chi connectivity index (χ1v) is 10.5. The lowest BCUT2D eigenvalue weighted by atomic mass is 9.86. The normalized spacial score (nSPS) is 14.7. The third kappa shape index (κ3) is 3.74.